The number of para-hydroxylation sites is 1. The molecule has 0 fully saturated rings. The largest absolute Gasteiger partial charge is 0.516 e. The molecule has 97 heavy (non-hydrogen) atoms. The minimum Gasteiger partial charge on any atom is -0.386 e. The van der Waals surface area contributed by atoms with E-state index in [2.05, 4.69) is 29.9 Å². The Kier molecular flexibility index (Phi) is 19.4. The third kappa shape index (κ3) is 17.1. The molecule has 0 unspecified atom stereocenters. The van der Waals surface area contributed by atoms with Gasteiger partial charge >= 0.3 is 34.1 Å². The average molecular weight is 1380 g/mol. The maximum Gasteiger partial charge on any atom is 0.516 e. The summed E-state index contributed by atoms with van der Waals surface area (Å²) in [7, 11) is -9.52. The maximum absolute atomic E-state index is 12.9. The fourth-order valence-electron chi connectivity index (χ4n) is 10.1. The summed E-state index contributed by atoms with van der Waals surface area (Å²) >= 11 is 0. The summed E-state index contributed by atoms with van der Waals surface area (Å²) in [5, 5.41) is 15.8. The number of nitrogens with one attached hydrogen (secondary N) is 4. The third-order valence-corrected chi connectivity index (χ3v) is 16.7. The van der Waals surface area contributed by atoms with Crippen molar-refractivity contribution in [1.29, 1.82) is 0 Å². The number of rotatable bonds is 13. The highest BCUT2D eigenvalue weighted by atomic mass is 32.2. The number of imidazole rings is 3. The summed E-state index contributed by atoms with van der Waals surface area (Å²) in [4.78, 5) is 22.5. The van der Waals surface area contributed by atoms with E-state index in [1.807, 2.05) is 42.5 Å². The highest BCUT2D eigenvalue weighted by molar-refractivity contribution is 7.93. The number of halogens is 12. The molecule has 9 aromatic carbocycles. The number of primary sulfonamides is 1. The zero-order valence-electron chi connectivity index (χ0n) is 50.4. The van der Waals surface area contributed by atoms with Gasteiger partial charge in [-0.3, -0.25) is 4.72 Å². The topological polar surface area (TPSA) is 213 Å². The van der Waals surface area contributed by atoms with Crippen molar-refractivity contribution in [2.24, 2.45) is 5.14 Å². The lowest BCUT2D eigenvalue weighted by atomic mass is 9.89. The van der Waals surface area contributed by atoms with Crippen LogP contribution in [0.3, 0.4) is 0 Å². The van der Waals surface area contributed by atoms with Crippen LogP contribution in [0, 0.1) is 0 Å². The van der Waals surface area contributed by atoms with E-state index in [1.54, 1.807) is 110 Å². The molecule has 7 N–H and O–H groups in total. The van der Waals surface area contributed by atoms with Crippen LogP contribution in [0.25, 0.3) is 103 Å². The molecule has 12 aromatic rings. The normalized spacial score (nSPS) is 12.8. The van der Waals surface area contributed by atoms with Crippen molar-refractivity contribution in [1.82, 2.24) is 29.9 Å². The molecule has 498 valence electrons. The second-order valence-corrected chi connectivity index (χ2v) is 25.4. The number of hydrogen-bond donors (Lipinski definition) is 6. The van der Waals surface area contributed by atoms with Crippen molar-refractivity contribution in [2.45, 2.75) is 48.4 Å². The molecule has 3 heterocycles. The summed E-state index contributed by atoms with van der Waals surface area (Å²) in [5.74, 6) is 1.32. The maximum atomic E-state index is 12.9. The van der Waals surface area contributed by atoms with Gasteiger partial charge in [0.25, 0.3) is 0 Å². The van der Waals surface area contributed by atoms with Crippen molar-refractivity contribution in [2.75, 3.05) is 4.72 Å². The molecule has 13 nitrogen and oxygen atoms in total. The smallest absolute Gasteiger partial charge is 0.386 e. The molecule has 0 saturated carbocycles. The van der Waals surface area contributed by atoms with Gasteiger partial charge in [-0.2, -0.15) is 61.1 Å². The number of aliphatic hydroxyl groups is 1. The molecule has 12 rings (SSSR count). The Balaban J connectivity index is 0.000000158. The van der Waals surface area contributed by atoms with Gasteiger partial charge < -0.3 is 20.1 Å². The number of aromatic nitrogens is 6. The van der Waals surface area contributed by atoms with Crippen molar-refractivity contribution in [3.05, 3.63) is 257 Å². The number of hydrogen-bond acceptors (Lipinski definition) is 8. The second-order valence-electron chi connectivity index (χ2n) is 22.2. The minimum atomic E-state index is -5.62. The predicted molar refractivity (Wildman–Crippen MR) is 351 cm³/mol. The van der Waals surface area contributed by atoms with Gasteiger partial charge in [0.2, 0.25) is 10.0 Å². The van der Waals surface area contributed by atoms with E-state index in [4.69, 9.17) is 5.14 Å². The van der Waals surface area contributed by atoms with Gasteiger partial charge in [-0.25, -0.2) is 28.5 Å². The van der Waals surface area contributed by atoms with Crippen LogP contribution in [-0.4, -0.2) is 57.4 Å². The van der Waals surface area contributed by atoms with E-state index in [0.717, 1.165) is 64.1 Å². The Morgan fingerprint density at radius 3 is 1.14 bits per heavy atom. The van der Waals surface area contributed by atoms with Gasteiger partial charge in [0, 0.05) is 11.1 Å². The van der Waals surface area contributed by atoms with Crippen LogP contribution in [0.2, 0.25) is 0 Å². The predicted octanol–water partition coefficient (Wildman–Crippen LogP) is 18.4. The van der Waals surface area contributed by atoms with Crippen molar-refractivity contribution in [3.8, 4) is 33.4 Å². The molecule has 0 atom stereocenters. The average Bonchev–Trinajstić information content (AvgIpc) is 1.77. The first-order valence-electron chi connectivity index (χ1n) is 28.7. The first kappa shape index (κ1) is 69.2. The molecule has 0 saturated heterocycles. The van der Waals surface area contributed by atoms with E-state index < -0.39 is 66.4 Å². The number of fused-ring (bicyclic) bond motifs is 3. The van der Waals surface area contributed by atoms with Gasteiger partial charge in [-0.05, 0) is 162 Å². The third-order valence-electron chi connectivity index (χ3n) is 14.6. The van der Waals surface area contributed by atoms with Gasteiger partial charge in [0.1, 0.15) is 17.5 Å². The van der Waals surface area contributed by atoms with Gasteiger partial charge in [-0.1, -0.05) is 133 Å². The second kappa shape index (κ2) is 27.2. The van der Waals surface area contributed by atoms with Gasteiger partial charge in [-0.15, -0.1) is 0 Å². The minimum absolute atomic E-state index is 0.0125. The standard InChI is InChI=1S/C25H21F3N2O.C23H15F6N3O2S.C22H16F3N3O2S/c1-24(2,31)20-9-4-3-8-19(20)17-11-12-21-22(15-17)30-23(29-21)13-10-16-6-5-7-18(14-16)25(26,27)28;24-22(25,26)16-5-3-4-14(12-16)8-11-21-30-19-10-9-15(13-20(19)31-21)17-6-1-2-7-18(17)32-35(33,34)23(27,28)29;23-22(24,25)16-5-3-4-14(12-16)8-11-21-27-18-10-9-15(13-19(18)28-21)17-6-1-2-7-20(17)31(26,29)30/h3-15,31H,1-2H3,(H,29,30);1-13,32H,(H,30,31);1-13H,(H,27,28)(H2,26,29,30)/b13-10+;2*11-8+. The summed E-state index contributed by atoms with van der Waals surface area (Å²) in [6, 6.07) is 50.2. The number of nitrogens with two attached hydrogens (primary N) is 1. The molecule has 0 bridgehead atoms. The van der Waals surface area contributed by atoms with E-state index in [9.17, 15) is 74.6 Å². The van der Waals surface area contributed by atoms with Gasteiger partial charge in [0.15, 0.2) is 0 Å². The van der Waals surface area contributed by atoms with E-state index in [1.165, 1.54) is 66.8 Å². The van der Waals surface area contributed by atoms with E-state index in [-0.39, 0.29) is 16.1 Å². The molecule has 27 heteroatoms. The highest BCUT2D eigenvalue weighted by Crippen LogP contribution is 2.38. The summed E-state index contributed by atoms with van der Waals surface area (Å²) in [5.41, 5.74) is 0.398. The molecule has 0 radical (unpaired) electrons. The number of H-pyrrole nitrogens is 3. The van der Waals surface area contributed by atoms with Crippen LogP contribution in [0.1, 0.15) is 70.3 Å². The fourth-order valence-corrected chi connectivity index (χ4v) is 11.4. The van der Waals surface area contributed by atoms with Crippen molar-refractivity contribution >= 4 is 95.3 Å². The molecule has 0 amide bonds. The Hall–Kier alpha value is -10.6. The number of benzene rings is 9. The number of nitrogens with zero attached hydrogens (tertiary/aromatic N) is 3. The lowest BCUT2D eigenvalue weighted by Crippen LogP contribution is -2.30. The molecule has 0 aliphatic heterocycles. The Morgan fingerprint density at radius 1 is 0.412 bits per heavy atom. The number of sulfonamides is 2. The lowest BCUT2D eigenvalue weighted by molar-refractivity contribution is -0.138. The fraction of sp³-hybridized carbons (Fsp3) is 0.100. The van der Waals surface area contributed by atoms with Gasteiger partial charge in [0.05, 0.1) is 66.0 Å². The Bertz CT molecular complexity index is 5220. The highest BCUT2D eigenvalue weighted by Gasteiger charge is 2.46. The monoisotopic (exact) mass is 1380 g/mol. The Morgan fingerprint density at radius 2 is 0.763 bits per heavy atom. The van der Waals surface area contributed by atoms with Crippen LogP contribution in [0.15, 0.2) is 205 Å². The summed E-state index contributed by atoms with van der Waals surface area (Å²) in [6.45, 7) is 3.49. The van der Waals surface area contributed by atoms with Crippen LogP contribution in [0.5, 0.6) is 0 Å². The van der Waals surface area contributed by atoms with Crippen LogP contribution in [-0.2, 0) is 44.2 Å². The SMILES string of the molecule is CC(C)(O)c1ccccc1-c1ccc2nc(/C=C/c3cccc(C(F)(F)F)c3)[nH]c2c1.NS(=O)(=O)c1ccccc1-c1ccc2nc(/C=C/c3cccc(C(F)(F)F)c3)[nH]c2c1.O=S(=O)(Nc1ccccc1-c1ccc2nc(/C=C/c3cccc(C(F)(F)F)c3)[nH]c2c1)C(F)(F)F. The summed E-state index contributed by atoms with van der Waals surface area (Å²) < 4.78 is 203. The number of alkyl halides is 12. The first-order chi connectivity index (χ1) is 45.6. The van der Waals surface area contributed by atoms with Crippen LogP contribution >= 0.6 is 0 Å². The van der Waals surface area contributed by atoms with Crippen LogP contribution < -0.4 is 9.86 Å². The molecular formula is C70H52F12N8O5S2. The van der Waals surface area contributed by atoms with Crippen molar-refractivity contribution < 1.29 is 74.6 Å². The van der Waals surface area contributed by atoms with Crippen LogP contribution in [0.4, 0.5) is 58.4 Å². The number of anilines is 1. The molecule has 3 aromatic heterocycles. The zero-order valence-corrected chi connectivity index (χ0v) is 52.0. The van der Waals surface area contributed by atoms with E-state index in [0.29, 0.717) is 72.9 Å². The first-order valence-corrected chi connectivity index (χ1v) is 31.8. The zero-order chi connectivity index (χ0) is 69.9. The van der Waals surface area contributed by atoms with Crippen molar-refractivity contribution in [3.63, 3.8) is 0 Å². The Labute approximate surface area is 545 Å². The molecule has 0 aliphatic rings. The lowest BCUT2D eigenvalue weighted by Gasteiger charge is -2.21. The molecule has 0 spiro atoms. The quantitative estimate of drug-likeness (QED) is 0.0610. The molecule has 0 aliphatic carbocycles. The number of aromatic amines is 3. The van der Waals surface area contributed by atoms with E-state index >= 15 is 0 Å². The molecular weight excluding hydrogens is 1320 g/mol. The summed E-state index contributed by atoms with van der Waals surface area (Å²) in [6.07, 6.45) is -3.96.